The van der Waals surface area contributed by atoms with Crippen molar-refractivity contribution < 1.29 is 15.0 Å². The zero-order chi connectivity index (χ0) is 12.3. The fourth-order valence-electron chi connectivity index (χ4n) is 2.16. The van der Waals surface area contributed by atoms with E-state index in [1.807, 2.05) is 0 Å². The molecule has 1 aliphatic heterocycles. The second kappa shape index (κ2) is 5.14. The van der Waals surface area contributed by atoms with Crippen molar-refractivity contribution in [3.63, 3.8) is 0 Å². The highest BCUT2D eigenvalue weighted by molar-refractivity contribution is 5.95. The molecule has 1 aromatic heterocycles. The molecule has 0 radical (unpaired) electrons. The molecule has 1 atom stereocenters. The summed E-state index contributed by atoms with van der Waals surface area (Å²) < 4.78 is 0. The number of likely N-dealkylation sites (tertiary alicyclic amines) is 1. The second-order valence-corrected chi connectivity index (χ2v) is 4.20. The summed E-state index contributed by atoms with van der Waals surface area (Å²) >= 11 is 0. The maximum atomic E-state index is 12.2. The Morgan fingerprint density at radius 3 is 3.06 bits per heavy atom. The number of nitrogens with zero attached hydrogens (tertiary/aromatic N) is 2. The molecule has 2 heterocycles. The summed E-state index contributed by atoms with van der Waals surface area (Å²) in [6.45, 7) is 0.569. The smallest absolute Gasteiger partial charge is 0.276 e. The second-order valence-electron chi connectivity index (χ2n) is 4.20. The van der Waals surface area contributed by atoms with Crippen LogP contribution in [0.5, 0.6) is 5.75 Å². The van der Waals surface area contributed by atoms with Crippen molar-refractivity contribution >= 4 is 5.91 Å². The minimum Gasteiger partial charge on any atom is -0.505 e. The van der Waals surface area contributed by atoms with E-state index in [2.05, 4.69) is 4.98 Å². The Hall–Kier alpha value is -1.62. The summed E-state index contributed by atoms with van der Waals surface area (Å²) in [5, 5.41) is 18.8. The zero-order valence-electron chi connectivity index (χ0n) is 9.54. The number of aliphatic hydroxyl groups is 1. The largest absolute Gasteiger partial charge is 0.505 e. The monoisotopic (exact) mass is 236 g/mol. The lowest BCUT2D eigenvalue weighted by molar-refractivity contribution is 0.0494. The molecule has 0 bridgehead atoms. The summed E-state index contributed by atoms with van der Waals surface area (Å²) in [5.74, 6) is -0.415. The first kappa shape index (κ1) is 11.9. The first-order valence-electron chi connectivity index (χ1n) is 5.80. The Balaban J connectivity index is 2.21. The lowest BCUT2D eigenvalue weighted by Crippen LogP contribution is -2.45. The lowest BCUT2D eigenvalue weighted by Gasteiger charge is -2.34. The molecule has 1 unspecified atom stereocenters. The Bertz CT molecular complexity index is 408. The van der Waals surface area contributed by atoms with E-state index in [0.29, 0.717) is 6.54 Å². The van der Waals surface area contributed by atoms with E-state index < -0.39 is 0 Å². The highest BCUT2D eigenvalue weighted by Gasteiger charge is 2.28. The van der Waals surface area contributed by atoms with Crippen molar-refractivity contribution in [3.8, 4) is 5.75 Å². The van der Waals surface area contributed by atoms with Crippen molar-refractivity contribution in [2.24, 2.45) is 0 Å². The quantitative estimate of drug-likeness (QED) is 0.795. The first-order chi connectivity index (χ1) is 8.24. The molecule has 0 spiro atoms. The van der Waals surface area contributed by atoms with Gasteiger partial charge >= 0.3 is 0 Å². The lowest BCUT2D eigenvalue weighted by atomic mass is 10.0. The van der Waals surface area contributed by atoms with E-state index in [1.165, 1.54) is 12.3 Å². The van der Waals surface area contributed by atoms with Gasteiger partial charge in [0.15, 0.2) is 5.69 Å². The summed E-state index contributed by atoms with van der Waals surface area (Å²) in [6, 6.07) is 2.86. The fraction of sp³-hybridized carbons (Fsp3) is 0.500. The number of aliphatic hydroxyl groups excluding tert-OH is 1. The number of aromatic hydroxyl groups is 1. The van der Waals surface area contributed by atoms with Gasteiger partial charge < -0.3 is 15.1 Å². The number of pyridine rings is 1. The third-order valence-electron chi connectivity index (χ3n) is 3.09. The number of piperidine rings is 1. The van der Waals surface area contributed by atoms with Gasteiger partial charge in [-0.15, -0.1) is 0 Å². The molecule has 1 saturated heterocycles. The van der Waals surface area contributed by atoms with Crippen LogP contribution in [0.1, 0.15) is 29.8 Å². The van der Waals surface area contributed by atoms with Crippen LogP contribution in [0, 0.1) is 0 Å². The minimum absolute atomic E-state index is 0.0423. The third-order valence-corrected chi connectivity index (χ3v) is 3.09. The van der Waals surface area contributed by atoms with Crippen LogP contribution in [0.3, 0.4) is 0 Å². The van der Waals surface area contributed by atoms with Gasteiger partial charge in [0.1, 0.15) is 5.75 Å². The van der Waals surface area contributed by atoms with Gasteiger partial charge in [0.25, 0.3) is 5.91 Å². The highest BCUT2D eigenvalue weighted by Crippen LogP contribution is 2.22. The maximum absolute atomic E-state index is 12.2. The number of hydrogen-bond acceptors (Lipinski definition) is 4. The Morgan fingerprint density at radius 1 is 1.53 bits per heavy atom. The van der Waals surface area contributed by atoms with Gasteiger partial charge in [-0.1, -0.05) is 0 Å². The van der Waals surface area contributed by atoms with Crippen LogP contribution >= 0.6 is 0 Å². The molecule has 1 aliphatic rings. The van der Waals surface area contributed by atoms with Crippen LogP contribution in [-0.4, -0.2) is 45.2 Å². The van der Waals surface area contributed by atoms with E-state index in [-0.39, 0.29) is 30.0 Å². The van der Waals surface area contributed by atoms with Crippen LogP contribution < -0.4 is 0 Å². The topological polar surface area (TPSA) is 73.7 Å². The standard InChI is InChI=1S/C12H16N2O3/c15-8-9-4-1-2-7-14(9)12(17)11-10(16)5-3-6-13-11/h3,5-6,9,15-16H,1-2,4,7-8H2. The molecule has 0 aromatic carbocycles. The molecule has 5 nitrogen and oxygen atoms in total. The predicted molar refractivity (Wildman–Crippen MR) is 61.7 cm³/mol. The molecule has 1 amide bonds. The van der Waals surface area contributed by atoms with Gasteiger partial charge in [-0.05, 0) is 31.4 Å². The first-order valence-corrected chi connectivity index (χ1v) is 5.80. The van der Waals surface area contributed by atoms with Gasteiger partial charge in [0.2, 0.25) is 0 Å². The molecule has 2 rings (SSSR count). The minimum atomic E-state index is -0.304. The number of carbonyl (C=O) groups excluding carboxylic acids is 1. The van der Waals surface area contributed by atoms with Crippen LogP contribution in [0.25, 0.3) is 0 Å². The molecule has 0 aliphatic carbocycles. The highest BCUT2D eigenvalue weighted by atomic mass is 16.3. The van der Waals surface area contributed by atoms with Gasteiger partial charge in [-0.3, -0.25) is 4.79 Å². The zero-order valence-corrected chi connectivity index (χ0v) is 9.54. The van der Waals surface area contributed by atoms with E-state index in [9.17, 15) is 15.0 Å². The van der Waals surface area contributed by atoms with Crippen molar-refractivity contribution in [2.45, 2.75) is 25.3 Å². The van der Waals surface area contributed by atoms with Crippen molar-refractivity contribution in [1.29, 1.82) is 0 Å². The Morgan fingerprint density at radius 2 is 2.35 bits per heavy atom. The normalized spacial score (nSPS) is 20.3. The summed E-state index contributed by atoms with van der Waals surface area (Å²) in [5.41, 5.74) is 0.0628. The number of rotatable bonds is 2. The predicted octanol–water partition coefficient (Wildman–Crippen LogP) is 0.774. The molecule has 92 valence electrons. The van der Waals surface area contributed by atoms with Crippen LogP contribution in [-0.2, 0) is 0 Å². The van der Waals surface area contributed by atoms with Gasteiger partial charge in [-0.25, -0.2) is 4.98 Å². The van der Waals surface area contributed by atoms with Crippen molar-refractivity contribution in [3.05, 3.63) is 24.0 Å². The molecule has 17 heavy (non-hydrogen) atoms. The molecule has 1 aromatic rings. The average molecular weight is 236 g/mol. The molecule has 1 fully saturated rings. The van der Waals surface area contributed by atoms with Gasteiger partial charge in [-0.2, -0.15) is 0 Å². The van der Waals surface area contributed by atoms with Gasteiger partial charge in [0.05, 0.1) is 12.6 Å². The van der Waals surface area contributed by atoms with Crippen molar-refractivity contribution in [2.75, 3.05) is 13.2 Å². The third kappa shape index (κ3) is 2.39. The number of amides is 1. The molecule has 2 N–H and O–H groups in total. The number of carbonyl (C=O) groups is 1. The van der Waals surface area contributed by atoms with E-state index >= 15 is 0 Å². The summed E-state index contributed by atoms with van der Waals surface area (Å²) in [7, 11) is 0. The fourth-order valence-corrected chi connectivity index (χ4v) is 2.16. The Labute approximate surface area is 99.7 Å². The SMILES string of the molecule is O=C(c1ncccc1O)N1CCCCC1CO. The van der Waals surface area contributed by atoms with Crippen molar-refractivity contribution in [1.82, 2.24) is 9.88 Å². The van der Waals surface area contributed by atoms with Crippen LogP contribution in [0.4, 0.5) is 0 Å². The maximum Gasteiger partial charge on any atom is 0.276 e. The van der Waals surface area contributed by atoms with E-state index in [4.69, 9.17) is 0 Å². The summed E-state index contributed by atoms with van der Waals surface area (Å²) in [4.78, 5) is 17.7. The molecular weight excluding hydrogens is 220 g/mol. The van der Waals surface area contributed by atoms with Crippen LogP contribution in [0.15, 0.2) is 18.3 Å². The average Bonchev–Trinajstić information content (AvgIpc) is 2.38. The van der Waals surface area contributed by atoms with Crippen LogP contribution in [0.2, 0.25) is 0 Å². The number of hydrogen-bond donors (Lipinski definition) is 2. The molecule has 0 saturated carbocycles. The Kier molecular flexibility index (Phi) is 3.58. The number of aromatic nitrogens is 1. The summed E-state index contributed by atoms with van der Waals surface area (Å²) in [6.07, 6.45) is 4.22. The molecule has 5 heteroatoms. The van der Waals surface area contributed by atoms with Gasteiger partial charge in [0, 0.05) is 12.7 Å². The molecular formula is C12H16N2O3. The van der Waals surface area contributed by atoms with E-state index in [1.54, 1.807) is 11.0 Å². The van der Waals surface area contributed by atoms with E-state index in [0.717, 1.165) is 19.3 Å².